The molecular formula is C18H23N3O6S. The van der Waals surface area contributed by atoms with Gasteiger partial charge in [0, 0.05) is 32.2 Å². The van der Waals surface area contributed by atoms with Crippen LogP contribution >= 0.6 is 0 Å². The summed E-state index contributed by atoms with van der Waals surface area (Å²) in [5.41, 5.74) is 0.571. The molecule has 1 aromatic heterocycles. The Hall–Kier alpha value is -2.17. The van der Waals surface area contributed by atoms with Crippen LogP contribution in [-0.4, -0.2) is 67.5 Å². The summed E-state index contributed by atoms with van der Waals surface area (Å²) in [4.78, 5) is 26.5. The maximum atomic E-state index is 12.8. The first-order chi connectivity index (χ1) is 13.5. The molecule has 2 saturated heterocycles. The fourth-order valence-corrected chi connectivity index (χ4v) is 5.19. The number of aromatic nitrogens is 1. The number of sulfonamides is 1. The van der Waals surface area contributed by atoms with Crippen molar-refractivity contribution in [3.63, 3.8) is 0 Å². The van der Waals surface area contributed by atoms with Crippen LogP contribution < -0.4 is 5.76 Å². The predicted octanol–water partition coefficient (Wildman–Crippen LogP) is 0.628. The highest BCUT2D eigenvalue weighted by atomic mass is 32.2. The van der Waals surface area contributed by atoms with E-state index in [9.17, 15) is 18.0 Å². The van der Waals surface area contributed by atoms with E-state index < -0.39 is 15.8 Å². The van der Waals surface area contributed by atoms with Crippen molar-refractivity contribution in [2.45, 2.75) is 30.7 Å². The van der Waals surface area contributed by atoms with Gasteiger partial charge < -0.3 is 14.1 Å². The Balaban J connectivity index is 1.61. The minimum atomic E-state index is -3.62. The van der Waals surface area contributed by atoms with E-state index in [1.54, 1.807) is 4.90 Å². The smallest absolute Gasteiger partial charge is 0.408 e. The van der Waals surface area contributed by atoms with Gasteiger partial charge in [0.2, 0.25) is 15.9 Å². The Labute approximate surface area is 162 Å². The lowest BCUT2D eigenvalue weighted by Gasteiger charge is -2.26. The molecule has 0 aliphatic carbocycles. The molecule has 0 unspecified atom stereocenters. The molecule has 3 heterocycles. The molecule has 0 saturated carbocycles. The number of benzene rings is 1. The number of fused-ring (bicyclic) bond motifs is 1. The predicted molar refractivity (Wildman–Crippen MR) is 100 cm³/mol. The van der Waals surface area contributed by atoms with E-state index >= 15 is 0 Å². The van der Waals surface area contributed by atoms with E-state index in [1.807, 2.05) is 0 Å². The average Bonchev–Trinajstić information content (AvgIpc) is 3.03. The zero-order chi connectivity index (χ0) is 19.7. The minimum Gasteiger partial charge on any atom is -0.408 e. The molecule has 152 valence electrons. The van der Waals surface area contributed by atoms with Crippen LogP contribution in [0.1, 0.15) is 19.3 Å². The third-order valence-electron chi connectivity index (χ3n) is 5.25. The van der Waals surface area contributed by atoms with Crippen molar-refractivity contribution in [2.75, 3.05) is 39.4 Å². The van der Waals surface area contributed by atoms with Crippen LogP contribution in [0.3, 0.4) is 0 Å². The van der Waals surface area contributed by atoms with Gasteiger partial charge in [-0.15, -0.1) is 0 Å². The van der Waals surface area contributed by atoms with E-state index in [4.69, 9.17) is 9.15 Å². The molecule has 1 aromatic carbocycles. The number of rotatable bonds is 4. The molecule has 0 radical (unpaired) electrons. The fraction of sp³-hybridized carbons (Fsp3) is 0.556. The Morgan fingerprint density at radius 2 is 1.75 bits per heavy atom. The van der Waals surface area contributed by atoms with Gasteiger partial charge in [0.15, 0.2) is 5.58 Å². The Morgan fingerprint density at radius 3 is 2.46 bits per heavy atom. The summed E-state index contributed by atoms with van der Waals surface area (Å²) in [5.74, 6) is -0.873. The van der Waals surface area contributed by atoms with Crippen LogP contribution in [0.2, 0.25) is 0 Å². The molecule has 2 aliphatic rings. The summed E-state index contributed by atoms with van der Waals surface area (Å²) >= 11 is 0. The molecular weight excluding hydrogens is 386 g/mol. The van der Waals surface area contributed by atoms with Gasteiger partial charge in [-0.3, -0.25) is 9.36 Å². The van der Waals surface area contributed by atoms with Crippen LogP contribution in [0.5, 0.6) is 0 Å². The van der Waals surface area contributed by atoms with Crippen LogP contribution in [0.15, 0.2) is 32.3 Å². The Bertz CT molecular complexity index is 1030. The van der Waals surface area contributed by atoms with Crippen LogP contribution in [-0.2, 0) is 26.1 Å². The summed E-state index contributed by atoms with van der Waals surface area (Å²) in [7, 11) is -3.62. The molecule has 10 heteroatoms. The quantitative estimate of drug-likeness (QED) is 0.734. The van der Waals surface area contributed by atoms with Crippen LogP contribution in [0.25, 0.3) is 11.1 Å². The number of carbonyl (C=O) groups excluding carboxylic acids is 1. The van der Waals surface area contributed by atoms with Gasteiger partial charge in [-0.1, -0.05) is 6.42 Å². The summed E-state index contributed by atoms with van der Waals surface area (Å²) in [6.45, 7) is 2.78. The molecule has 4 rings (SSSR count). The number of piperidine rings is 1. The second-order valence-corrected chi connectivity index (χ2v) is 8.98. The second-order valence-electron chi connectivity index (χ2n) is 7.04. The van der Waals surface area contributed by atoms with Gasteiger partial charge in [0.1, 0.15) is 6.54 Å². The molecule has 0 atom stereocenters. The van der Waals surface area contributed by atoms with Gasteiger partial charge in [0.05, 0.1) is 23.6 Å². The molecule has 1 amide bonds. The second kappa shape index (κ2) is 7.69. The van der Waals surface area contributed by atoms with E-state index in [0.717, 1.165) is 19.3 Å². The Morgan fingerprint density at radius 1 is 1.04 bits per heavy atom. The maximum absolute atomic E-state index is 12.8. The molecule has 2 aromatic rings. The zero-order valence-corrected chi connectivity index (χ0v) is 16.3. The van der Waals surface area contributed by atoms with Crippen LogP contribution in [0.4, 0.5) is 0 Å². The van der Waals surface area contributed by atoms with Crippen molar-refractivity contribution in [1.29, 1.82) is 0 Å². The van der Waals surface area contributed by atoms with Gasteiger partial charge in [-0.05, 0) is 25.0 Å². The highest BCUT2D eigenvalue weighted by Gasteiger charge is 2.27. The summed E-state index contributed by atoms with van der Waals surface area (Å²) in [5, 5.41) is 0. The van der Waals surface area contributed by atoms with Crippen molar-refractivity contribution in [3.8, 4) is 0 Å². The Kier molecular flexibility index (Phi) is 5.26. The SMILES string of the molecule is O=C(Cn1c(=O)oc2cc(S(=O)(=O)N3CCCCC3)ccc21)N1CCOCC1. The first-order valence-electron chi connectivity index (χ1n) is 9.46. The monoisotopic (exact) mass is 409 g/mol. The number of oxazole rings is 1. The molecule has 2 aliphatic heterocycles. The van der Waals surface area contributed by atoms with Crippen molar-refractivity contribution < 1.29 is 22.4 Å². The maximum Gasteiger partial charge on any atom is 0.420 e. The van der Waals surface area contributed by atoms with E-state index in [-0.39, 0.29) is 22.9 Å². The number of ether oxygens (including phenoxy) is 1. The molecule has 2 fully saturated rings. The van der Waals surface area contributed by atoms with Gasteiger partial charge in [-0.25, -0.2) is 13.2 Å². The lowest BCUT2D eigenvalue weighted by Crippen LogP contribution is -2.43. The minimum absolute atomic E-state index is 0.0994. The first-order valence-corrected chi connectivity index (χ1v) is 10.9. The zero-order valence-electron chi connectivity index (χ0n) is 15.5. The summed E-state index contributed by atoms with van der Waals surface area (Å²) in [6, 6.07) is 4.37. The molecule has 0 N–H and O–H groups in total. The normalized spacial score (nSPS) is 19.2. The largest absolute Gasteiger partial charge is 0.420 e. The average molecular weight is 409 g/mol. The number of amides is 1. The lowest BCUT2D eigenvalue weighted by atomic mass is 10.2. The van der Waals surface area contributed by atoms with Gasteiger partial charge >= 0.3 is 5.76 Å². The topological polar surface area (TPSA) is 102 Å². The van der Waals surface area contributed by atoms with Crippen molar-refractivity contribution in [2.24, 2.45) is 0 Å². The first kappa shape index (κ1) is 19.2. The molecule has 0 bridgehead atoms. The lowest BCUT2D eigenvalue weighted by molar-refractivity contribution is -0.135. The van der Waals surface area contributed by atoms with Crippen molar-refractivity contribution in [1.82, 2.24) is 13.8 Å². The fourth-order valence-electron chi connectivity index (χ4n) is 3.66. The number of hydrogen-bond donors (Lipinski definition) is 0. The number of carbonyl (C=O) groups is 1. The third-order valence-corrected chi connectivity index (χ3v) is 7.14. The summed E-state index contributed by atoms with van der Waals surface area (Å²) in [6.07, 6.45) is 2.72. The standard InChI is InChI=1S/C18H23N3O6S/c22-17(19-8-10-26-11-9-19)13-21-15-5-4-14(12-16(15)27-18(21)23)28(24,25)20-6-2-1-3-7-20/h4-5,12H,1-3,6-11,13H2. The van der Waals surface area contributed by atoms with Gasteiger partial charge in [-0.2, -0.15) is 4.31 Å². The third kappa shape index (κ3) is 3.59. The summed E-state index contributed by atoms with van der Waals surface area (Å²) < 4.78 is 38.8. The highest BCUT2D eigenvalue weighted by Crippen LogP contribution is 2.24. The van der Waals surface area contributed by atoms with E-state index in [2.05, 4.69) is 0 Å². The van der Waals surface area contributed by atoms with Crippen molar-refractivity contribution in [3.05, 3.63) is 28.7 Å². The molecule has 28 heavy (non-hydrogen) atoms. The van der Waals surface area contributed by atoms with Gasteiger partial charge in [0.25, 0.3) is 0 Å². The van der Waals surface area contributed by atoms with E-state index in [0.29, 0.717) is 44.9 Å². The highest BCUT2D eigenvalue weighted by molar-refractivity contribution is 7.89. The number of nitrogens with zero attached hydrogens (tertiary/aromatic N) is 3. The van der Waals surface area contributed by atoms with Crippen LogP contribution in [0, 0.1) is 0 Å². The molecule has 9 nitrogen and oxygen atoms in total. The molecule has 0 spiro atoms. The van der Waals surface area contributed by atoms with E-state index in [1.165, 1.54) is 27.1 Å². The van der Waals surface area contributed by atoms with Crippen molar-refractivity contribution >= 4 is 27.0 Å². The number of hydrogen-bond acceptors (Lipinski definition) is 6. The number of morpholine rings is 1.